The van der Waals surface area contributed by atoms with E-state index in [2.05, 4.69) is 4.74 Å². The van der Waals surface area contributed by atoms with Crippen molar-refractivity contribution in [3.8, 4) is 0 Å². The molecule has 0 aromatic carbocycles. The summed E-state index contributed by atoms with van der Waals surface area (Å²) in [5.41, 5.74) is 5.24. The Hall–Kier alpha value is -0.240. The molecule has 12 heavy (non-hydrogen) atoms. The lowest BCUT2D eigenvalue weighted by Crippen LogP contribution is -2.61. The summed E-state index contributed by atoms with van der Waals surface area (Å²) in [4.78, 5) is 0. The van der Waals surface area contributed by atoms with Gasteiger partial charge in [-0.1, -0.05) is 0 Å². The van der Waals surface area contributed by atoms with Gasteiger partial charge in [-0.25, -0.2) is 0 Å². The van der Waals surface area contributed by atoms with Crippen LogP contribution in [0.3, 0.4) is 0 Å². The van der Waals surface area contributed by atoms with Gasteiger partial charge >= 0.3 is 0 Å². The second-order valence-corrected chi connectivity index (χ2v) is 2.65. The fourth-order valence-corrected chi connectivity index (χ4v) is 1.00. The molecule has 1 saturated heterocycles. The van der Waals surface area contributed by atoms with Gasteiger partial charge in [0.15, 0.2) is 6.29 Å². The summed E-state index contributed by atoms with van der Waals surface area (Å²) in [6.07, 6.45) is -6.82. The zero-order valence-corrected chi connectivity index (χ0v) is 6.29. The smallest absolute Gasteiger partial charge is 0.173 e. The van der Waals surface area contributed by atoms with Gasteiger partial charge in [-0.05, 0) is 0 Å². The molecular weight excluding hydrogens is 166 g/mol. The molecule has 0 aromatic rings. The Balaban J connectivity index is 2.82. The Morgan fingerprint density at radius 3 is 2.42 bits per heavy atom. The van der Waals surface area contributed by atoms with Crippen molar-refractivity contribution in [2.24, 2.45) is 5.73 Å². The van der Waals surface area contributed by atoms with Crippen molar-refractivity contribution in [2.75, 3.05) is 6.61 Å². The van der Waals surface area contributed by atoms with Gasteiger partial charge < -0.3 is 30.9 Å². The fraction of sp³-hybridized carbons (Fsp3) is 1.00. The van der Waals surface area contributed by atoms with Crippen molar-refractivity contribution in [1.29, 1.82) is 0 Å². The van der Waals surface area contributed by atoms with Crippen molar-refractivity contribution in [3.63, 3.8) is 0 Å². The average molecular weight is 180 g/mol. The van der Waals surface area contributed by atoms with E-state index in [9.17, 15) is 10.2 Å². The fourth-order valence-electron chi connectivity index (χ4n) is 1.00. The highest BCUT2D eigenvalue weighted by Crippen LogP contribution is 2.17. The molecule has 0 saturated carbocycles. The highest BCUT2D eigenvalue weighted by Gasteiger charge is 2.41. The molecule has 0 bridgehead atoms. The third-order valence-electron chi connectivity index (χ3n) is 1.80. The highest BCUT2D eigenvalue weighted by atomic mass is 16.6. The first-order chi connectivity index (χ1) is 5.92. The molecule has 0 aromatic heterocycles. The van der Waals surface area contributed by atoms with Crippen LogP contribution >= 0.6 is 0 Å². The van der Waals surface area contributed by atoms with E-state index in [-0.39, 0.29) is 0 Å². The van der Waals surface area contributed by atoms with Crippen LogP contribution in [-0.4, -0.2) is 57.7 Å². The van der Waals surface area contributed by atoms with Gasteiger partial charge in [-0.2, -0.15) is 0 Å². The van der Waals surface area contributed by atoms with E-state index in [0.29, 0.717) is 0 Å². The van der Waals surface area contributed by atoms with Gasteiger partial charge in [0.1, 0.15) is 18.3 Å². The summed E-state index contributed by atoms with van der Waals surface area (Å²) >= 11 is 0. The number of aliphatic hydroxyl groups excluding tert-OH is 4. The standard InChI is InChI=1S/C6H13NO5/c7-3-5(10)4(9)2(1-8)12-6(3)11/h2-6,8-11H,1,7H2/t2-,3-,4-,5+,6-/m1/s1/i2D. The average Bonchev–Trinajstić information content (AvgIpc) is 2.12. The predicted molar refractivity (Wildman–Crippen MR) is 38.0 cm³/mol. The maximum Gasteiger partial charge on any atom is 0.173 e. The van der Waals surface area contributed by atoms with Gasteiger partial charge in [0.2, 0.25) is 0 Å². The molecular formula is C6H13NO5. The Kier molecular flexibility index (Phi) is 2.54. The van der Waals surface area contributed by atoms with Crippen LogP contribution in [0.25, 0.3) is 0 Å². The lowest BCUT2D eigenvalue weighted by atomic mass is 9.98. The topological polar surface area (TPSA) is 116 Å². The minimum Gasteiger partial charge on any atom is -0.394 e. The number of rotatable bonds is 1. The Morgan fingerprint density at radius 2 is 1.92 bits per heavy atom. The third kappa shape index (κ3) is 1.58. The van der Waals surface area contributed by atoms with E-state index in [1.807, 2.05) is 0 Å². The molecule has 6 heteroatoms. The number of ether oxygens (including phenoxy) is 1. The van der Waals surface area contributed by atoms with E-state index in [1.165, 1.54) is 0 Å². The second-order valence-electron chi connectivity index (χ2n) is 2.65. The first kappa shape index (κ1) is 8.36. The maximum atomic E-state index is 9.27. The molecule has 0 unspecified atom stereocenters. The van der Waals surface area contributed by atoms with E-state index >= 15 is 0 Å². The molecule has 1 aliphatic heterocycles. The molecule has 0 radical (unpaired) electrons. The van der Waals surface area contributed by atoms with Crippen LogP contribution < -0.4 is 5.73 Å². The molecule has 1 fully saturated rings. The number of aliphatic hydroxyl groups is 4. The van der Waals surface area contributed by atoms with Gasteiger partial charge in [-0.3, -0.25) is 0 Å². The van der Waals surface area contributed by atoms with E-state index in [1.54, 1.807) is 0 Å². The minimum absolute atomic E-state index is 0.838. The summed E-state index contributed by atoms with van der Waals surface area (Å²) in [5, 5.41) is 36.3. The minimum atomic E-state index is -2.12. The van der Waals surface area contributed by atoms with Crippen molar-refractivity contribution in [1.82, 2.24) is 0 Å². The maximum absolute atomic E-state index is 9.27. The van der Waals surface area contributed by atoms with Crippen molar-refractivity contribution in [2.45, 2.75) is 30.6 Å². The summed E-state index contributed by atoms with van der Waals surface area (Å²) < 4.78 is 11.9. The zero-order valence-electron chi connectivity index (χ0n) is 7.29. The number of hydrogen-bond acceptors (Lipinski definition) is 6. The van der Waals surface area contributed by atoms with Crippen molar-refractivity contribution >= 4 is 0 Å². The van der Waals surface area contributed by atoms with Crippen LogP contribution in [-0.2, 0) is 4.74 Å². The lowest BCUT2D eigenvalue weighted by molar-refractivity contribution is -0.248. The third-order valence-corrected chi connectivity index (χ3v) is 1.80. The van der Waals surface area contributed by atoms with Crippen LogP contribution in [0, 0.1) is 0 Å². The van der Waals surface area contributed by atoms with E-state index in [4.69, 9.17) is 17.3 Å². The van der Waals surface area contributed by atoms with Crippen LogP contribution in [0.1, 0.15) is 1.37 Å². The Labute approximate surface area is 70.6 Å². The monoisotopic (exact) mass is 180 g/mol. The van der Waals surface area contributed by atoms with E-state index in [0.717, 1.165) is 0 Å². The lowest BCUT2D eigenvalue weighted by Gasteiger charge is -2.38. The van der Waals surface area contributed by atoms with E-state index < -0.39 is 37.2 Å². The van der Waals surface area contributed by atoms with Crippen molar-refractivity contribution in [3.05, 3.63) is 0 Å². The molecule has 6 nitrogen and oxygen atoms in total. The molecule has 6 N–H and O–H groups in total. The normalized spacial score (nSPS) is 56.6. The molecule has 0 spiro atoms. The quantitative estimate of drug-likeness (QED) is 0.289. The van der Waals surface area contributed by atoms with Crippen LogP contribution in [0.15, 0.2) is 0 Å². The van der Waals surface area contributed by atoms with Crippen LogP contribution in [0.5, 0.6) is 0 Å². The zero-order chi connectivity index (χ0) is 10.2. The summed E-state index contributed by atoms with van der Waals surface area (Å²) in [6, 6.07) is -1.18. The highest BCUT2D eigenvalue weighted by molar-refractivity contribution is 4.90. The van der Waals surface area contributed by atoms with Gasteiger partial charge in [0.25, 0.3) is 0 Å². The molecule has 0 amide bonds. The summed E-state index contributed by atoms with van der Waals surface area (Å²) in [6.45, 7) is -0.838. The van der Waals surface area contributed by atoms with Gasteiger partial charge in [-0.15, -0.1) is 0 Å². The Morgan fingerprint density at radius 1 is 1.33 bits per heavy atom. The first-order valence-electron chi connectivity index (χ1n) is 4.01. The number of nitrogens with two attached hydrogens (primary N) is 1. The molecule has 72 valence electrons. The van der Waals surface area contributed by atoms with Crippen molar-refractivity contribution < 1.29 is 26.5 Å². The first-order valence-corrected chi connectivity index (χ1v) is 3.51. The molecule has 0 aliphatic carbocycles. The SMILES string of the molecule is [2H][C@]1(CO)O[C@@H](O)[C@H](N)[C@H](O)[C@@H]1O. The largest absolute Gasteiger partial charge is 0.394 e. The predicted octanol–water partition coefficient (Wildman–Crippen LogP) is -3.26. The van der Waals surface area contributed by atoms with Gasteiger partial charge in [0.05, 0.1) is 14.0 Å². The molecule has 5 atom stereocenters. The molecule has 1 heterocycles. The molecule has 1 rings (SSSR count). The summed E-state index contributed by atoms with van der Waals surface area (Å²) in [7, 11) is 0. The van der Waals surface area contributed by atoms with Gasteiger partial charge in [0, 0.05) is 0 Å². The van der Waals surface area contributed by atoms with Crippen LogP contribution in [0.2, 0.25) is 0 Å². The molecule has 1 aliphatic rings. The second kappa shape index (κ2) is 3.65. The number of hydrogen-bond donors (Lipinski definition) is 5. The van der Waals surface area contributed by atoms with Crippen LogP contribution in [0.4, 0.5) is 0 Å². The summed E-state index contributed by atoms with van der Waals surface area (Å²) in [5.74, 6) is 0. The Bertz CT molecular complexity index is 194.